The van der Waals surface area contributed by atoms with Crippen LogP contribution in [0, 0.1) is 0 Å². The van der Waals surface area contributed by atoms with E-state index in [9.17, 15) is 4.79 Å². The van der Waals surface area contributed by atoms with Crippen molar-refractivity contribution >= 4 is 27.4 Å². The van der Waals surface area contributed by atoms with Gasteiger partial charge >= 0.3 is 0 Å². The van der Waals surface area contributed by atoms with Crippen molar-refractivity contribution in [3.05, 3.63) is 69.7 Å². The first-order valence-corrected chi connectivity index (χ1v) is 10.0. The van der Waals surface area contributed by atoms with E-state index in [1.807, 2.05) is 35.7 Å². The predicted octanol–water partition coefficient (Wildman–Crippen LogP) is 2.53. The van der Waals surface area contributed by atoms with Crippen molar-refractivity contribution in [2.75, 3.05) is 18.4 Å². The van der Waals surface area contributed by atoms with E-state index < -0.39 is 0 Å². The summed E-state index contributed by atoms with van der Waals surface area (Å²) in [5.74, 6) is 0.449. The van der Waals surface area contributed by atoms with E-state index in [2.05, 4.69) is 25.3 Å². The third-order valence-electron chi connectivity index (χ3n) is 4.19. The van der Waals surface area contributed by atoms with Crippen LogP contribution in [-0.4, -0.2) is 33.0 Å². The van der Waals surface area contributed by atoms with Crippen molar-refractivity contribution in [1.82, 2.24) is 19.9 Å². The average molecular weight is 408 g/mol. The van der Waals surface area contributed by atoms with Crippen molar-refractivity contribution in [1.29, 1.82) is 0 Å². The molecule has 0 aliphatic rings. The zero-order valence-corrected chi connectivity index (χ0v) is 16.4. The summed E-state index contributed by atoms with van der Waals surface area (Å²) in [4.78, 5) is 28.9. The second kappa shape index (κ2) is 8.91. The van der Waals surface area contributed by atoms with Gasteiger partial charge in [-0.2, -0.15) is 0 Å². The van der Waals surface area contributed by atoms with Crippen molar-refractivity contribution in [3.8, 4) is 11.4 Å². The lowest BCUT2D eigenvalue weighted by atomic mass is 10.2. The van der Waals surface area contributed by atoms with Crippen LogP contribution in [0.25, 0.3) is 22.3 Å². The number of nitrogens with zero attached hydrogens (tertiary/aromatic N) is 3. The van der Waals surface area contributed by atoms with Gasteiger partial charge in [-0.1, -0.05) is 30.3 Å². The molecule has 4 aromatic rings. The Morgan fingerprint density at radius 2 is 2.00 bits per heavy atom. The molecule has 0 unspecified atom stereocenters. The Balaban J connectivity index is 1.60. The molecule has 0 bridgehead atoms. The fourth-order valence-corrected chi connectivity index (χ4v) is 3.57. The number of nitrogens with one attached hydrogen (secondary N) is 2. The Morgan fingerprint density at radius 3 is 2.83 bits per heavy atom. The number of pyridine rings is 1. The summed E-state index contributed by atoms with van der Waals surface area (Å²) in [6.45, 7) is 1.78. The van der Waals surface area contributed by atoms with Gasteiger partial charge < -0.3 is 20.8 Å². The minimum Gasteiger partial charge on any atom is -0.369 e. The van der Waals surface area contributed by atoms with Crippen LogP contribution in [0.4, 0.5) is 5.13 Å². The van der Waals surface area contributed by atoms with Crippen LogP contribution in [0.15, 0.2) is 52.8 Å². The molecule has 0 atom stereocenters. The first-order chi connectivity index (χ1) is 14.2. The van der Waals surface area contributed by atoms with Gasteiger partial charge in [-0.3, -0.25) is 9.78 Å². The van der Waals surface area contributed by atoms with Crippen LogP contribution in [0.2, 0.25) is 0 Å². The minimum atomic E-state index is -0.228. The number of thiazole rings is 1. The number of hydrogen-bond donors (Lipinski definition) is 3. The van der Waals surface area contributed by atoms with Crippen LogP contribution in [0.1, 0.15) is 11.4 Å². The summed E-state index contributed by atoms with van der Waals surface area (Å²) in [5.41, 5.74) is 8.08. The number of H-pyrrole nitrogens is 1. The Kier molecular flexibility index (Phi) is 5.89. The smallest absolute Gasteiger partial charge is 0.258 e. The number of hydrogen-bond acceptors (Lipinski definition) is 8. The molecule has 0 aliphatic heterocycles. The van der Waals surface area contributed by atoms with Gasteiger partial charge in [0.25, 0.3) is 5.56 Å². The number of rotatable bonds is 8. The minimum absolute atomic E-state index is 0.189. The third kappa shape index (κ3) is 4.48. The monoisotopic (exact) mass is 408 g/mol. The summed E-state index contributed by atoms with van der Waals surface area (Å²) in [7, 11) is 0. The molecule has 0 spiro atoms. The lowest BCUT2D eigenvalue weighted by Gasteiger charge is -2.07. The highest BCUT2D eigenvalue weighted by molar-refractivity contribution is 7.14. The van der Waals surface area contributed by atoms with Gasteiger partial charge in [0.1, 0.15) is 29.3 Å². The summed E-state index contributed by atoms with van der Waals surface area (Å²) < 4.78 is 5.72. The highest BCUT2D eigenvalue weighted by atomic mass is 32.1. The van der Waals surface area contributed by atoms with Gasteiger partial charge in [0.2, 0.25) is 0 Å². The molecule has 0 amide bonds. The zero-order valence-electron chi connectivity index (χ0n) is 15.6. The molecule has 9 heteroatoms. The molecule has 29 heavy (non-hydrogen) atoms. The largest absolute Gasteiger partial charge is 0.369 e. The predicted molar refractivity (Wildman–Crippen MR) is 114 cm³/mol. The number of ether oxygens (including phenoxy) is 1. The number of fused-ring (bicyclic) bond motifs is 1. The third-order valence-corrected chi connectivity index (χ3v) is 4.99. The highest BCUT2D eigenvalue weighted by Crippen LogP contribution is 2.27. The maximum Gasteiger partial charge on any atom is 0.258 e. The van der Waals surface area contributed by atoms with Crippen molar-refractivity contribution < 1.29 is 4.74 Å². The molecule has 8 nitrogen and oxygen atoms in total. The average Bonchev–Trinajstić information content (AvgIpc) is 3.21. The van der Waals surface area contributed by atoms with Gasteiger partial charge in [-0.15, -0.1) is 11.3 Å². The maximum atomic E-state index is 12.5. The highest BCUT2D eigenvalue weighted by Gasteiger charge is 2.14. The van der Waals surface area contributed by atoms with Gasteiger partial charge in [0.05, 0.1) is 12.0 Å². The molecule has 3 heterocycles. The maximum absolute atomic E-state index is 12.5. The van der Waals surface area contributed by atoms with Crippen LogP contribution < -0.4 is 16.6 Å². The molecular weight excluding hydrogens is 388 g/mol. The fraction of sp³-hybridized carbons (Fsp3) is 0.200. The van der Waals surface area contributed by atoms with Gasteiger partial charge in [-0.05, 0) is 11.6 Å². The first-order valence-electron chi connectivity index (χ1n) is 9.14. The number of aromatic amines is 1. The molecule has 4 rings (SSSR count). The molecule has 0 aliphatic carbocycles. The van der Waals surface area contributed by atoms with E-state index in [1.54, 1.807) is 12.3 Å². The zero-order chi connectivity index (χ0) is 20.1. The number of aromatic nitrogens is 4. The van der Waals surface area contributed by atoms with E-state index in [0.717, 1.165) is 10.7 Å². The van der Waals surface area contributed by atoms with E-state index in [4.69, 9.17) is 10.5 Å². The Morgan fingerprint density at radius 1 is 1.14 bits per heavy atom. The van der Waals surface area contributed by atoms with E-state index >= 15 is 0 Å². The Labute approximate surface area is 170 Å². The lowest BCUT2D eigenvalue weighted by molar-refractivity contribution is 0.102. The SMILES string of the molecule is NCCNc1nc(-c2nccc3c(=O)[nH]c(COCc4ccccc4)nc23)cs1. The standard InChI is InChI=1S/C20H20N6O2S/c21-7-9-23-20-24-15(12-29-20)18-17-14(6-8-22-18)19(27)26-16(25-17)11-28-10-13-4-2-1-3-5-13/h1-6,8,12H,7,9-11,21H2,(H,23,24)(H,25,26,27). The molecule has 0 saturated carbocycles. The molecule has 1 aromatic carbocycles. The first kappa shape index (κ1) is 19.2. The number of benzene rings is 1. The summed E-state index contributed by atoms with van der Waals surface area (Å²) in [6, 6.07) is 11.5. The summed E-state index contributed by atoms with van der Waals surface area (Å²) in [6.07, 6.45) is 1.59. The van der Waals surface area contributed by atoms with Gasteiger partial charge in [0.15, 0.2) is 5.13 Å². The number of anilines is 1. The van der Waals surface area contributed by atoms with Crippen LogP contribution >= 0.6 is 11.3 Å². The van der Waals surface area contributed by atoms with Crippen molar-refractivity contribution in [2.45, 2.75) is 13.2 Å². The summed E-state index contributed by atoms with van der Waals surface area (Å²) in [5, 5.41) is 6.24. The quantitative estimate of drug-likeness (QED) is 0.410. The van der Waals surface area contributed by atoms with E-state index in [1.165, 1.54) is 11.3 Å². The van der Waals surface area contributed by atoms with Crippen LogP contribution in [0.5, 0.6) is 0 Å². The molecule has 3 aromatic heterocycles. The molecule has 148 valence electrons. The Bertz CT molecular complexity index is 1160. The van der Waals surface area contributed by atoms with Crippen LogP contribution in [0.3, 0.4) is 0 Å². The summed E-state index contributed by atoms with van der Waals surface area (Å²) >= 11 is 1.46. The molecule has 0 saturated heterocycles. The van der Waals surface area contributed by atoms with Gasteiger partial charge in [-0.25, -0.2) is 9.97 Å². The topological polar surface area (TPSA) is 119 Å². The molecule has 4 N–H and O–H groups in total. The van der Waals surface area contributed by atoms with Crippen molar-refractivity contribution in [3.63, 3.8) is 0 Å². The van der Waals surface area contributed by atoms with Gasteiger partial charge in [0, 0.05) is 24.7 Å². The molecular formula is C20H20N6O2S. The normalized spacial score (nSPS) is 11.1. The van der Waals surface area contributed by atoms with E-state index in [0.29, 0.717) is 47.8 Å². The van der Waals surface area contributed by atoms with E-state index in [-0.39, 0.29) is 12.2 Å². The Hall–Kier alpha value is -3.14. The second-order valence-electron chi connectivity index (χ2n) is 6.30. The fourth-order valence-electron chi connectivity index (χ4n) is 2.85. The molecule has 0 fully saturated rings. The van der Waals surface area contributed by atoms with Crippen LogP contribution in [-0.2, 0) is 18.0 Å². The lowest BCUT2D eigenvalue weighted by Crippen LogP contribution is -2.14. The van der Waals surface area contributed by atoms with Crippen molar-refractivity contribution in [2.24, 2.45) is 5.73 Å². The molecule has 0 radical (unpaired) electrons. The second-order valence-corrected chi connectivity index (χ2v) is 7.16. The number of nitrogens with two attached hydrogens (primary N) is 1.